The predicted molar refractivity (Wildman–Crippen MR) is 136 cm³/mol. The van der Waals surface area contributed by atoms with Crippen LogP contribution in [0.25, 0.3) is 5.57 Å². The summed E-state index contributed by atoms with van der Waals surface area (Å²) < 4.78 is 12.0. The Morgan fingerprint density at radius 2 is 1.39 bits per heavy atom. The highest BCUT2D eigenvalue weighted by atomic mass is 28.2. The number of rotatable bonds is 8. The smallest absolute Gasteiger partial charge is 0.331 e. The lowest BCUT2D eigenvalue weighted by Crippen LogP contribution is -2.36. The van der Waals surface area contributed by atoms with Crippen LogP contribution in [-0.4, -0.2) is 22.3 Å². The van der Waals surface area contributed by atoms with Crippen molar-refractivity contribution in [2.24, 2.45) is 0 Å². The molecule has 0 aliphatic rings. The van der Waals surface area contributed by atoms with Crippen LogP contribution in [0, 0.1) is 0 Å². The van der Waals surface area contributed by atoms with Gasteiger partial charge in [0.15, 0.2) is 0 Å². The number of ether oxygens (including phenoxy) is 1. The van der Waals surface area contributed by atoms with Crippen molar-refractivity contribution in [2.75, 3.05) is 6.61 Å². The topological polar surface area (TPSA) is 35.5 Å². The summed E-state index contributed by atoms with van der Waals surface area (Å²) in [7, 11) is 0.268. The number of esters is 1. The summed E-state index contributed by atoms with van der Waals surface area (Å²) in [6, 6.07) is 29.0. The molecule has 0 saturated carbocycles. The normalized spacial score (nSPS) is 12.5. The van der Waals surface area contributed by atoms with E-state index in [-0.39, 0.29) is 20.8 Å². The SMILES string of the molecule is CCOC(=O)C=C(C)c1cccc(C(O[Si]C(C)(C)C)(c2ccccc2)c2ccccc2)c1. The van der Waals surface area contributed by atoms with E-state index in [0.717, 1.165) is 27.8 Å². The number of hydrogen-bond acceptors (Lipinski definition) is 3. The molecule has 0 aliphatic carbocycles. The van der Waals surface area contributed by atoms with Gasteiger partial charge in [-0.05, 0) is 52.8 Å². The number of carbonyl (C=O) groups excluding carboxylic acids is 1. The molecule has 4 heteroatoms. The van der Waals surface area contributed by atoms with Crippen molar-refractivity contribution in [1.82, 2.24) is 0 Å². The molecule has 0 unspecified atom stereocenters. The zero-order valence-electron chi connectivity index (χ0n) is 20.1. The Morgan fingerprint density at radius 1 is 0.848 bits per heavy atom. The summed E-state index contributed by atoms with van der Waals surface area (Å²) in [6.07, 6.45) is 1.55. The summed E-state index contributed by atoms with van der Waals surface area (Å²) in [5, 5.41) is 0.00610. The molecular weight excluding hydrogens is 424 g/mol. The third-order valence-electron chi connectivity index (χ3n) is 5.22. The molecule has 0 aromatic heterocycles. The molecular formula is C29H32O3Si. The first-order chi connectivity index (χ1) is 15.8. The van der Waals surface area contributed by atoms with E-state index < -0.39 is 5.60 Å². The molecule has 3 aromatic carbocycles. The minimum Gasteiger partial charge on any atom is -0.463 e. The van der Waals surface area contributed by atoms with Gasteiger partial charge in [-0.25, -0.2) is 4.79 Å². The van der Waals surface area contributed by atoms with Gasteiger partial charge in [-0.1, -0.05) is 99.6 Å². The Hall–Kier alpha value is -2.95. The van der Waals surface area contributed by atoms with Crippen LogP contribution in [-0.2, 0) is 19.6 Å². The lowest BCUT2D eigenvalue weighted by atomic mass is 9.79. The van der Waals surface area contributed by atoms with Gasteiger partial charge < -0.3 is 9.16 Å². The van der Waals surface area contributed by atoms with Gasteiger partial charge in [0.2, 0.25) is 9.76 Å². The van der Waals surface area contributed by atoms with Crippen molar-refractivity contribution < 1.29 is 14.0 Å². The van der Waals surface area contributed by atoms with Crippen LogP contribution in [0.4, 0.5) is 0 Å². The van der Waals surface area contributed by atoms with Crippen molar-refractivity contribution in [3.05, 3.63) is 113 Å². The van der Waals surface area contributed by atoms with Crippen molar-refractivity contribution in [2.45, 2.75) is 45.3 Å². The average molecular weight is 457 g/mol. The summed E-state index contributed by atoms with van der Waals surface area (Å²) in [4.78, 5) is 12.0. The van der Waals surface area contributed by atoms with Crippen LogP contribution in [0.3, 0.4) is 0 Å². The lowest BCUT2D eigenvalue weighted by Gasteiger charge is -2.38. The predicted octanol–water partition coefficient (Wildman–Crippen LogP) is 6.80. The highest BCUT2D eigenvalue weighted by molar-refractivity contribution is 6.32. The molecule has 0 saturated heterocycles. The highest BCUT2D eigenvalue weighted by Gasteiger charge is 2.39. The molecule has 0 bridgehead atoms. The molecule has 3 aromatic rings. The Balaban J connectivity index is 2.22. The van der Waals surface area contributed by atoms with Crippen molar-refractivity contribution >= 4 is 21.3 Å². The van der Waals surface area contributed by atoms with Crippen LogP contribution in [0.1, 0.15) is 56.9 Å². The first-order valence-corrected chi connectivity index (χ1v) is 12.2. The maximum atomic E-state index is 12.0. The quantitative estimate of drug-likeness (QED) is 0.162. The van der Waals surface area contributed by atoms with Crippen molar-refractivity contribution in [3.8, 4) is 0 Å². The Kier molecular flexibility index (Phi) is 8.06. The van der Waals surface area contributed by atoms with Gasteiger partial charge in [-0.15, -0.1) is 0 Å². The average Bonchev–Trinajstić information content (AvgIpc) is 2.80. The monoisotopic (exact) mass is 456 g/mol. The van der Waals surface area contributed by atoms with E-state index in [9.17, 15) is 4.79 Å². The Morgan fingerprint density at radius 3 is 1.91 bits per heavy atom. The highest BCUT2D eigenvalue weighted by Crippen LogP contribution is 2.42. The number of allylic oxidation sites excluding steroid dienone is 1. The van der Waals surface area contributed by atoms with Gasteiger partial charge >= 0.3 is 5.97 Å². The summed E-state index contributed by atoms with van der Waals surface area (Å²) in [6.45, 7) is 10.7. The lowest BCUT2D eigenvalue weighted by molar-refractivity contribution is -0.137. The summed E-state index contributed by atoms with van der Waals surface area (Å²) in [5.74, 6) is -0.330. The van der Waals surface area contributed by atoms with E-state index in [4.69, 9.17) is 9.16 Å². The van der Waals surface area contributed by atoms with Gasteiger partial charge in [0, 0.05) is 6.08 Å². The van der Waals surface area contributed by atoms with Crippen LogP contribution < -0.4 is 0 Å². The molecule has 0 aliphatic heterocycles. The van der Waals surface area contributed by atoms with Crippen molar-refractivity contribution in [1.29, 1.82) is 0 Å². The summed E-state index contributed by atoms with van der Waals surface area (Å²) >= 11 is 0. The summed E-state index contributed by atoms with van der Waals surface area (Å²) in [5.41, 5.74) is 4.18. The van der Waals surface area contributed by atoms with E-state index in [0.29, 0.717) is 6.61 Å². The fourth-order valence-electron chi connectivity index (χ4n) is 3.68. The van der Waals surface area contributed by atoms with Crippen LogP contribution >= 0.6 is 0 Å². The first-order valence-electron chi connectivity index (χ1n) is 11.3. The second-order valence-corrected chi connectivity index (χ2v) is 10.9. The standard InChI is InChI=1S/C29H32O3Si/c1-6-31-27(30)20-22(2)23-14-13-19-26(21-23)29(32-33-28(3,4)5,24-15-9-7-10-16-24)25-17-11-8-12-18-25/h7-21H,6H2,1-5H3. The van der Waals surface area contributed by atoms with Crippen LogP contribution in [0.2, 0.25) is 5.04 Å². The Bertz CT molecular complexity index is 1040. The van der Waals surface area contributed by atoms with E-state index >= 15 is 0 Å². The molecule has 3 nitrogen and oxygen atoms in total. The van der Waals surface area contributed by atoms with E-state index in [2.05, 4.69) is 57.2 Å². The first kappa shape index (κ1) is 24.7. The van der Waals surface area contributed by atoms with Gasteiger partial charge in [-0.3, -0.25) is 0 Å². The van der Waals surface area contributed by atoms with Crippen LogP contribution in [0.15, 0.2) is 91.0 Å². The van der Waals surface area contributed by atoms with Gasteiger partial charge in [0.05, 0.1) is 6.61 Å². The number of carbonyl (C=O) groups is 1. The van der Waals surface area contributed by atoms with Crippen LogP contribution in [0.5, 0.6) is 0 Å². The number of benzene rings is 3. The molecule has 0 heterocycles. The minimum atomic E-state index is -0.783. The van der Waals surface area contributed by atoms with Crippen molar-refractivity contribution in [3.63, 3.8) is 0 Å². The maximum absolute atomic E-state index is 12.0. The van der Waals surface area contributed by atoms with E-state index in [1.807, 2.05) is 62.4 Å². The molecule has 0 atom stereocenters. The molecule has 0 fully saturated rings. The fourth-order valence-corrected chi connectivity index (χ4v) is 4.49. The van der Waals surface area contributed by atoms with Gasteiger partial charge in [0.25, 0.3) is 0 Å². The Labute approximate surface area is 200 Å². The molecule has 33 heavy (non-hydrogen) atoms. The molecule has 0 amide bonds. The number of hydrogen-bond donors (Lipinski definition) is 0. The molecule has 0 spiro atoms. The zero-order valence-corrected chi connectivity index (χ0v) is 21.1. The minimum absolute atomic E-state index is 0.00610. The third kappa shape index (κ3) is 6.09. The molecule has 170 valence electrons. The molecule has 3 rings (SSSR count). The largest absolute Gasteiger partial charge is 0.463 e. The third-order valence-corrected chi connectivity index (χ3v) is 6.24. The molecule has 0 N–H and O–H groups in total. The second kappa shape index (κ2) is 10.8. The second-order valence-electron chi connectivity index (χ2n) is 9.03. The van der Waals surface area contributed by atoms with Gasteiger partial charge in [0.1, 0.15) is 5.60 Å². The van der Waals surface area contributed by atoms with E-state index in [1.54, 1.807) is 6.08 Å². The fraction of sp³-hybridized carbons (Fsp3) is 0.276. The maximum Gasteiger partial charge on any atom is 0.331 e. The van der Waals surface area contributed by atoms with Gasteiger partial charge in [-0.2, -0.15) is 0 Å². The molecule has 2 radical (unpaired) electrons. The van der Waals surface area contributed by atoms with E-state index in [1.165, 1.54) is 0 Å². The zero-order chi connectivity index (χ0) is 23.9.